The fraction of sp³-hybridized carbons (Fsp3) is 0.200. The van der Waals surface area contributed by atoms with E-state index in [0.29, 0.717) is 17.3 Å². The lowest BCUT2D eigenvalue weighted by Gasteiger charge is -2.02. The van der Waals surface area contributed by atoms with E-state index >= 15 is 0 Å². The summed E-state index contributed by atoms with van der Waals surface area (Å²) in [5, 5.41) is 6.35. The summed E-state index contributed by atoms with van der Waals surface area (Å²) >= 11 is 9.03. The highest BCUT2D eigenvalue weighted by Crippen LogP contribution is 2.22. The first-order chi connectivity index (χ1) is 10.7. The van der Waals surface area contributed by atoms with E-state index in [4.69, 9.17) is 11.6 Å². The molecule has 0 radical (unpaired) electrons. The van der Waals surface area contributed by atoms with Gasteiger partial charge in [0.2, 0.25) is 5.91 Å². The number of fused-ring (bicyclic) bond motifs is 1. The number of carbonyl (C=O) groups excluding carboxylic acids is 1. The summed E-state index contributed by atoms with van der Waals surface area (Å²) in [4.78, 5) is 20.7. The Bertz CT molecular complexity index is 770. The van der Waals surface area contributed by atoms with Gasteiger partial charge in [-0.2, -0.15) is 0 Å². The van der Waals surface area contributed by atoms with Crippen molar-refractivity contribution < 1.29 is 4.79 Å². The van der Waals surface area contributed by atoms with Crippen molar-refractivity contribution >= 4 is 51.6 Å². The largest absolute Gasteiger partial charge is 0.355 e. The zero-order valence-corrected chi connectivity index (χ0v) is 14.0. The highest BCUT2D eigenvalue weighted by molar-refractivity contribution is 7.99. The van der Waals surface area contributed by atoms with E-state index in [1.807, 2.05) is 23.6 Å². The van der Waals surface area contributed by atoms with E-state index in [0.717, 1.165) is 22.6 Å². The maximum Gasteiger partial charge on any atom is 0.230 e. The SMILES string of the molecule is O=C(CSc1nc2ccc(Cl)cc2[nH]1)NCCc1cccs1. The number of nitrogens with zero attached hydrogens (tertiary/aromatic N) is 1. The summed E-state index contributed by atoms with van der Waals surface area (Å²) < 4.78 is 0. The van der Waals surface area contributed by atoms with E-state index in [2.05, 4.69) is 21.4 Å². The van der Waals surface area contributed by atoms with Crippen molar-refractivity contribution in [3.8, 4) is 0 Å². The van der Waals surface area contributed by atoms with Crippen LogP contribution in [0.5, 0.6) is 0 Å². The number of hydrogen-bond acceptors (Lipinski definition) is 4. The van der Waals surface area contributed by atoms with Crippen molar-refractivity contribution in [1.29, 1.82) is 0 Å². The third kappa shape index (κ3) is 4.03. The van der Waals surface area contributed by atoms with Crippen molar-refractivity contribution in [2.24, 2.45) is 0 Å². The molecule has 0 fully saturated rings. The Balaban J connectivity index is 1.47. The molecule has 0 spiro atoms. The highest BCUT2D eigenvalue weighted by Gasteiger charge is 2.07. The van der Waals surface area contributed by atoms with Gasteiger partial charge in [-0.15, -0.1) is 11.3 Å². The summed E-state index contributed by atoms with van der Waals surface area (Å²) in [7, 11) is 0. The minimum absolute atomic E-state index is 0.0139. The van der Waals surface area contributed by atoms with Crippen LogP contribution < -0.4 is 5.32 Å². The lowest BCUT2D eigenvalue weighted by Crippen LogP contribution is -2.27. The Morgan fingerprint density at radius 2 is 2.32 bits per heavy atom. The Morgan fingerprint density at radius 3 is 3.14 bits per heavy atom. The van der Waals surface area contributed by atoms with Gasteiger partial charge in [-0.05, 0) is 36.1 Å². The minimum Gasteiger partial charge on any atom is -0.355 e. The Kier molecular flexibility index (Phi) is 5.02. The average molecular weight is 352 g/mol. The molecule has 2 N–H and O–H groups in total. The molecule has 0 atom stereocenters. The topological polar surface area (TPSA) is 57.8 Å². The van der Waals surface area contributed by atoms with Crippen LogP contribution in [0.2, 0.25) is 5.02 Å². The van der Waals surface area contributed by atoms with Gasteiger partial charge in [-0.3, -0.25) is 4.79 Å². The Labute approximate surface area is 141 Å². The van der Waals surface area contributed by atoms with E-state index in [1.165, 1.54) is 16.6 Å². The number of benzene rings is 1. The number of carbonyl (C=O) groups is 1. The minimum atomic E-state index is 0.0139. The molecule has 1 aromatic carbocycles. The summed E-state index contributed by atoms with van der Waals surface area (Å²) in [5.74, 6) is 0.359. The van der Waals surface area contributed by atoms with Crippen LogP contribution in [-0.4, -0.2) is 28.2 Å². The number of hydrogen-bond donors (Lipinski definition) is 2. The van der Waals surface area contributed by atoms with Gasteiger partial charge in [0.1, 0.15) is 0 Å². The van der Waals surface area contributed by atoms with Gasteiger partial charge in [-0.25, -0.2) is 4.98 Å². The molecular weight excluding hydrogens is 338 g/mol. The second-order valence-corrected chi connectivity index (χ2v) is 7.10. The predicted molar refractivity (Wildman–Crippen MR) is 92.9 cm³/mol. The highest BCUT2D eigenvalue weighted by atomic mass is 35.5. The molecule has 0 aliphatic rings. The van der Waals surface area contributed by atoms with Crippen LogP contribution in [0, 0.1) is 0 Å². The van der Waals surface area contributed by atoms with Gasteiger partial charge in [0, 0.05) is 16.4 Å². The van der Waals surface area contributed by atoms with E-state index in [9.17, 15) is 4.79 Å². The fourth-order valence-electron chi connectivity index (χ4n) is 1.99. The maximum absolute atomic E-state index is 11.8. The molecule has 114 valence electrons. The molecule has 1 amide bonds. The quantitative estimate of drug-likeness (QED) is 0.665. The predicted octanol–water partition coefficient (Wildman–Crippen LogP) is 3.73. The number of aromatic amines is 1. The third-order valence-electron chi connectivity index (χ3n) is 3.04. The number of H-pyrrole nitrogens is 1. The molecule has 22 heavy (non-hydrogen) atoms. The summed E-state index contributed by atoms with van der Waals surface area (Å²) in [6, 6.07) is 9.58. The summed E-state index contributed by atoms with van der Waals surface area (Å²) in [5.41, 5.74) is 1.73. The van der Waals surface area contributed by atoms with Crippen molar-refractivity contribution in [3.63, 3.8) is 0 Å². The van der Waals surface area contributed by atoms with Crippen LogP contribution >= 0.6 is 34.7 Å². The second-order valence-electron chi connectivity index (χ2n) is 4.67. The van der Waals surface area contributed by atoms with Gasteiger partial charge >= 0.3 is 0 Å². The first kappa shape index (κ1) is 15.4. The first-order valence-corrected chi connectivity index (χ1v) is 9.02. The number of amides is 1. The number of nitrogens with one attached hydrogen (secondary N) is 2. The molecule has 2 heterocycles. The Morgan fingerprint density at radius 1 is 1.41 bits per heavy atom. The number of rotatable bonds is 6. The second kappa shape index (κ2) is 7.17. The third-order valence-corrected chi connectivity index (χ3v) is 5.08. The Hall–Kier alpha value is -1.50. The van der Waals surface area contributed by atoms with Crippen molar-refractivity contribution in [1.82, 2.24) is 15.3 Å². The molecule has 0 aliphatic heterocycles. The number of halogens is 1. The van der Waals surface area contributed by atoms with Crippen molar-refractivity contribution in [2.45, 2.75) is 11.6 Å². The molecule has 2 aromatic heterocycles. The molecule has 4 nitrogen and oxygen atoms in total. The smallest absolute Gasteiger partial charge is 0.230 e. The molecule has 7 heteroatoms. The van der Waals surface area contributed by atoms with Crippen molar-refractivity contribution in [3.05, 3.63) is 45.6 Å². The zero-order valence-electron chi connectivity index (χ0n) is 11.6. The van der Waals surface area contributed by atoms with Gasteiger partial charge in [0.05, 0.1) is 16.8 Å². The normalized spacial score (nSPS) is 11.0. The molecule has 0 unspecified atom stereocenters. The standard InChI is InChI=1S/C15H14ClN3OS2/c16-10-3-4-12-13(8-10)19-15(18-12)22-9-14(20)17-6-5-11-2-1-7-21-11/h1-4,7-8H,5-6,9H2,(H,17,20)(H,18,19). The zero-order chi connectivity index (χ0) is 15.4. The first-order valence-electron chi connectivity index (χ1n) is 6.78. The van der Waals surface area contributed by atoms with E-state index in [-0.39, 0.29) is 5.91 Å². The van der Waals surface area contributed by atoms with Crippen LogP contribution in [-0.2, 0) is 11.2 Å². The number of aromatic nitrogens is 2. The van der Waals surface area contributed by atoms with Crippen molar-refractivity contribution in [2.75, 3.05) is 12.3 Å². The van der Waals surface area contributed by atoms with Crippen LogP contribution in [0.3, 0.4) is 0 Å². The fourth-order valence-corrected chi connectivity index (χ4v) is 3.59. The summed E-state index contributed by atoms with van der Waals surface area (Å²) in [6.07, 6.45) is 0.872. The van der Waals surface area contributed by atoms with Gasteiger partial charge in [0.15, 0.2) is 5.16 Å². The van der Waals surface area contributed by atoms with E-state index < -0.39 is 0 Å². The molecule has 3 aromatic rings. The van der Waals surface area contributed by atoms with Crippen LogP contribution in [0.25, 0.3) is 11.0 Å². The van der Waals surface area contributed by atoms with Crippen LogP contribution in [0.1, 0.15) is 4.88 Å². The van der Waals surface area contributed by atoms with Gasteiger partial charge in [-0.1, -0.05) is 29.4 Å². The molecule has 0 saturated heterocycles. The number of imidazole rings is 1. The molecule has 0 saturated carbocycles. The monoisotopic (exact) mass is 351 g/mol. The lowest BCUT2D eigenvalue weighted by molar-refractivity contribution is -0.118. The van der Waals surface area contributed by atoms with Crippen LogP contribution in [0.4, 0.5) is 0 Å². The average Bonchev–Trinajstić information content (AvgIpc) is 3.13. The molecule has 3 rings (SSSR count). The molecule has 0 bridgehead atoms. The molecular formula is C15H14ClN3OS2. The maximum atomic E-state index is 11.8. The van der Waals surface area contributed by atoms with E-state index in [1.54, 1.807) is 17.4 Å². The van der Waals surface area contributed by atoms with Gasteiger partial charge in [0.25, 0.3) is 0 Å². The molecule has 0 aliphatic carbocycles. The number of thioether (sulfide) groups is 1. The lowest BCUT2D eigenvalue weighted by atomic mass is 10.3. The number of thiophene rings is 1. The van der Waals surface area contributed by atoms with Gasteiger partial charge < -0.3 is 10.3 Å². The summed E-state index contributed by atoms with van der Waals surface area (Å²) in [6.45, 7) is 0.662. The van der Waals surface area contributed by atoms with Crippen LogP contribution in [0.15, 0.2) is 40.9 Å².